The van der Waals surface area contributed by atoms with Crippen LogP contribution in [0.5, 0.6) is 0 Å². The lowest BCUT2D eigenvalue weighted by atomic mass is 9.91. The van der Waals surface area contributed by atoms with Crippen molar-refractivity contribution in [3.05, 3.63) is 60.4 Å². The molecule has 0 radical (unpaired) electrons. The van der Waals surface area contributed by atoms with E-state index in [1.54, 1.807) is 12.4 Å². The first-order valence-electron chi connectivity index (χ1n) is 9.21. The van der Waals surface area contributed by atoms with Gasteiger partial charge in [-0.2, -0.15) is 0 Å². The number of nitrogens with zero attached hydrogens (tertiary/aromatic N) is 3. The number of hydrogen-bond donors (Lipinski definition) is 0. The summed E-state index contributed by atoms with van der Waals surface area (Å²) >= 11 is 0. The Hall–Kier alpha value is -2.75. The highest BCUT2D eigenvalue weighted by Gasteiger charge is 2.27. The Bertz CT molecular complexity index is 929. The number of hydrogen-bond acceptors (Lipinski definition) is 3. The molecule has 0 N–H and O–H groups in total. The molecule has 1 saturated heterocycles. The molecule has 3 heterocycles. The lowest BCUT2D eigenvalue weighted by Gasteiger charge is -2.35. The van der Waals surface area contributed by atoms with Crippen LogP contribution in [0, 0.1) is 11.8 Å². The van der Waals surface area contributed by atoms with Crippen LogP contribution in [0.4, 0.5) is 0 Å². The van der Waals surface area contributed by atoms with Crippen LogP contribution in [-0.2, 0) is 0 Å². The van der Waals surface area contributed by atoms with Gasteiger partial charge in [-0.3, -0.25) is 9.78 Å². The number of carbonyl (C=O) groups excluding carboxylic acids is 1. The summed E-state index contributed by atoms with van der Waals surface area (Å²) in [4.78, 5) is 24.2. The molecule has 0 unspecified atom stereocenters. The zero-order chi connectivity index (χ0) is 18.1. The molecule has 4 heteroatoms. The van der Waals surface area contributed by atoms with Crippen molar-refractivity contribution in [1.82, 2.24) is 14.9 Å². The predicted octanol–water partition coefficient (Wildman–Crippen LogP) is 4.41. The maximum Gasteiger partial charge on any atom is 0.254 e. The number of likely N-dealkylation sites (tertiary alicyclic amines) is 1. The lowest BCUT2D eigenvalue weighted by Crippen LogP contribution is -2.42. The van der Waals surface area contributed by atoms with E-state index in [4.69, 9.17) is 4.98 Å². The van der Waals surface area contributed by atoms with Gasteiger partial charge >= 0.3 is 0 Å². The van der Waals surface area contributed by atoms with Crippen molar-refractivity contribution in [2.24, 2.45) is 11.8 Å². The minimum Gasteiger partial charge on any atom is -0.338 e. The summed E-state index contributed by atoms with van der Waals surface area (Å²) in [6, 6.07) is 13.7. The Morgan fingerprint density at radius 3 is 2.46 bits per heavy atom. The van der Waals surface area contributed by atoms with E-state index in [1.807, 2.05) is 47.4 Å². The maximum atomic E-state index is 13.4. The standard InChI is InChI=1S/C22H23N3O/c1-15-11-16(2)14-25(13-15)22(26)19-12-21(17-7-9-23-10-8-17)24-20-6-4-3-5-18(19)20/h3-10,12,15-16H,11,13-14H2,1-2H3/t15-,16-/m1/s1. The van der Waals surface area contributed by atoms with E-state index in [1.165, 1.54) is 6.42 Å². The summed E-state index contributed by atoms with van der Waals surface area (Å²) < 4.78 is 0. The van der Waals surface area contributed by atoms with Crippen LogP contribution in [0.15, 0.2) is 54.9 Å². The molecule has 2 atom stereocenters. The van der Waals surface area contributed by atoms with Crippen molar-refractivity contribution < 1.29 is 4.79 Å². The number of piperidine rings is 1. The van der Waals surface area contributed by atoms with Crippen LogP contribution in [0.2, 0.25) is 0 Å². The molecule has 1 amide bonds. The van der Waals surface area contributed by atoms with Crippen LogP contribution in [0.3, 0.4) is 0 Å². The second-order valence-electron chi connectivity index (χ2n) is 7.46. The van der Waals surface area contributed by atoms with Gasteiger partial charge in [-0.1, -0.05) is 32.0 Å². The highest BCUT2D eigenvalue weighted by atomic mass is 16.2. The fourth-order valence-corrected chi connectivity index (χ4v) is 4.02. The van der Waals surface area contributed by atoms with E-state index < -0.39 is 0 Å². The van der Waals surface area contributed by atoms with Gasteiger partial charge in [0.05, 0.1) is 16.8 Å². The third kappa shape index (κ3) is 3.19. The molecule has 4 nitrogen and oxygen atoms in total. The van der Waals surface area contributed by atoms with Crippen LogP contribution < -0.4 is 0 Å². The summed E-state index contributed by atoms with van der Waals surface area (Å²) in [5.41, 5.74) is 3.37. The van der Waals surface area contributed by atoms with E-state index >= 15 is 0 Å². The molecule has 4 rings (SSSR count). The Kier molecular flexibility index (Phi) is 4.41. The molecule has 0 bridgehead atoms. The number of rotatable bonds is 2. The van der Waals surface area contributed by atoms with Gasteiger partial charge in [0.25, 0.3) is 5.91 Å². The van der Waals surface area contributed by atoms with Crippen LogP contribution >= 0.6 is 0 Å². The molecular formula is C22H23N3O. The largest absolute Gasteiger partial charge is 0.338 e. The first-order chi connectivity index (χ1) is 12.6. The van der Waals surface area contributed by atoms with Gasteiger partial charge in [-0.05, 0) is 42.5 Å². The van der Waals surface area contributed by atoms with E-state index in [0.29, 0.717) is 11.8 Å². The molecule has 0 aliphatic carbocycles. The minimum absolute atomic E-state index is 0.109. The third-order valence-corrected chi connectivity index (χ3v) is 5.08. The van der Waals surface area contributed by atoms with Crippen LogP contribution in [0.1, 0.15) is 30.6 Å². The Morgan fingerprint density at radius 2 is 1.73 bits per heavy atom. The number of amides is 1. The first kappa shape index (κ1) is 16.7. The number of para-hydroxylation sites is 1. The Morgan fingerprint density at radius 1 is 1.04 bits per heavy atom. The van der Waals surface area contributed by atoms with E-state index in [2.05, 4.69) is 18.8 Å². The molecule has 0 spiro atoms. The quantitative estimate of drug-likeness (QED) is 0.691. The van der Waals surface area contributed by atoms with Gasteiger partial charge in [0.2, 0.25) is 0 Å². The molecular weight excluding hydrogens is 322 g/mol. The van der Waals surface area contributed by atoms with E-state index in [-0.39, 0.29) is 5.91 Å². The van der Waals surface area contributed by atoms with Crippen molar-refractivity contribution in [2.75, 3.05) is 13.1 Å². The fraction of sp³-hybridized carbons (Fsp3) is 0.318. The molecule has 26 heavy (non-hydrogen) atoms. The van der Waals surface area contributed by atoms with Crippen molar-refractivity contribution in [1.29, 1.82) is 0 Å². The number of pyridine rings is 2. The monoisotopic (exact) mass is 345 g/mol. The zero-order valence-electron chi connectivity index (χ0n) is 15.2. The number of fused-ring (bicyclic) bond motifs is 1. The molecule has 1 fully saturated rings. The highest BCUT2D eigenvalue weighted by molar-refractivity contribution is 6.07. The normalized spacial score (nSPS) is 20.3. The zero-order valence-corrected chi connectivity index (χ0v) is 15.2. The SMILES string of the molecule is C[C@@H]1C[C@@H](C)CN(C(=O)c2cc(-c3ccncc3)nc3ccccc23)C1. The summed E-state index contributed by atoms with van der Waals surface area (Å²) in [7, 11) is 0. The van der Waals surface area contributed by atoms with Gasteiger partial charge in [0.15, 0.2) is 0 Å². The van der Waals surface area contributed by atoms with Gasteiger partial charge in [-0.15, -0.1) is 0 Å². The second kappa shape index (κ2) is 6.87. The molecule has 1 aromatic carbocycles. The smallest absolute Gasteiger partial charge is 0.254 e. The van der Waals surface area contributed by atoms with Crippen molar-refractivity contribution in [2.45, 2.75) is 20.3 Å². The fourth-order valence-electron chi connectivity index (χ4n) is 4.02. The van der Waals surface area contributed by atoms with Gasteiger partial charge in [0.1, 0.15) is 0 Å². The molecule has 0 saturated carbocycles. The molecule has 1 aliphatic rings. The Balaban J connectivity index is 1.81. The van der Waals surface area contributed by atoms with Crippen LogP contribution in [0.25, 0.3) is 22.2 Å². The van der Waals surface area contributed by atoms with E-state index in [0.717, 1.165) is 40.8 Å². The average molecular weight is 345 g/mol. The van der Waals surface area contributed by atoms with Gasteiger partial charge in [-0.25, -0.2) is 4.98 Å². The van der Waals surface area contributed by atoms with Gasteiger partial charge in [0, 0.05) is 36.4 Å². The van der Waals surface area contributed by atoms with Gasteiger partial charge < -0.3 is 4.90 Å². The maximum absolute atomic E-state index is 13.4. The topological polar surface area (TPSA) is 46.1 Å². The summed E-state index contributed by atoms with van der Waals surface area (Å²) in [6.07, 6.45) is 4.69. The van der Waals surface area contributed by atoms with Crippen molar-refractivity contribution in [3.63, 3.8) is 0 Å². The lowest BCUT2D eigenvalue weighted by molar-refractivity contribution is 0.0625. The predicted molar refractivity (Wildman–Crippen MR) is 104 cm³/mol. The van der Waals surface area contributed by atoms with Crippen molar-refractivity contribution in [3.8, 4) is 11.3 Å². The molecule has 2 aromatic heterocycles. The average Bonchev–Trinajstić information content (AvgIpc) is 2.66. The number of aromatic nitrogens is 2. The first-order valence-corrected chi connectivity index (χ1v) is 9.21. The molecule has 1 aliphatic heterocycles. The Labute approximate surface area is 153 Å². The third-order valence-electron chi connectivity index (χ3n) is 5.08. The summed E-state index contributed by atoms with van der Waals surface area (Å²) in [5, 5.41) is 0.918. The number of benzene rings is 1. The molecule has 3 aromatic rings. The second-order valence-corrected chi connectivity index (χ2v) is 7.46. The summed E-state index contributed by atoms with van der Waals surface area (Å²) in [6.45, 7) is 6.10. The van der Waals surface area contributed by atoms with Crippen LogP contribution in [-0.4, -0.2) is 33.9 Å². The highest BCUT2D eigenvalue weighted by Crippen LogP contribution is 2.28. The minimum atomic E-state index is 0.109. The van der Waals surface area contributed by atoms with Crippen molar-refractivity contribution >= 4 is 16.8 Å². The summed E-state index contributed by atoms with van der Waals surface area (Å²) in [5.74, 6) is 1.18. The van der Waals surface area contributed by atoms with E-state index in [9.17, 15) is 4.79 Å². The molecule has 132 valence electrons. The number of carbonyl (C=O) groups is 1.